The molecular formula is C6H9N3O2. The summed E-state index contributed by atoms with van der Waals surface area (Å²) >= 11 is 0. The van der Waals surface area contributed by atoms with E-state index in [1.807, 2.05) is 6.92 Å². The highest BCUT2D eigenvalue weighted by Crippen LogP contribution is 1.94. The molecule has 0 radical (unpaired) electrons. The number of nitrogens with zero attached hydrogens (tertiary/aromatic N) is 3. The molecule has 0 spiro atoms. The summed E-state index contributed by atoms with van der Waals surface area (Å²) in [5.74, 6) is -1.03. The van der Waals surface area contributed by atoms with Gasteiger partial charge in [-0.15, -0.1) is 0 Å². The summed E-state index contributed by atoms with van der Waals surface area (Å²) in [4.78, 5) is 14.0. The minimum absolute atomic E-state index is 0.00634. The summed E-state index contributed by atoms with van der Waals surface area (Å²) in [5, 5.41) is 12.3. The maximum atomic E-state index is 10.4. The largest absolute Gasteiger partial charge is 0.475 e. The van der Waals surface area contributed by atoms with E-state index in [0.717, 1.165) is 6.42 Å². The Morgan fingerprint density at radius 1 is 1.82 bits per heavy atom. The predicted octanol–water partition coefficient (Wildman–Crippen LogP) is 0.386. The number of carbonyl (C=O) groups is 1. The zero-order chi connectivity index (χ0) is 8.27. The average Bonchev–Trinajstić information content (AvgIpc) is 2.36. The van der Waals surface area contributed by atoms with Gasteiger partial charge in [-0.3, -0.25) is 0 Å². The Bertz CT molecular complexity index is 256. The van der Waals surface area contributed by atoms with Gasteiger partial charge >= 0.3 is 5.97 Å². The molecule has 1 aromatic rings. The first-order valence-electron chi connectivity index (χ1n) is 3.36. The Morgan fingerprint density at radius 3 is 3.09 bits per heavy atom. The van der Waals surface area contributed by atoms with Crippen LogP contribution in [0, 0.1) is 0 Å². The monoisotopic (exact) mass is 155 g/mol. The summed E-state index contributed by atoms with van der Waals surface area (Å²) in [6.45, 7) is 2.55. The molecule has 0 aliphatic carbocycles. The predicted molar refractivity (Wildman–Crippen MR) is 37.3 cm³/mol. The van der Waals surface area contributed by atoms with E-state index >= 15 is 0 Å². The third kappa shape index (κ3) is 1.54. The van der Waals surface area contributed by atoms with Gasteiger partial charge in [0.1, 0.15) is 6.33 Å². The van der Waals surface area contributed by atoms with E-state index < -0.39 is 5.97 Å². The average molecular weight is 155 g/mol. The summed E-state index contributed by atoms with van der Waals surface area (Å²) < 4.78 is 1.38. The molecule has 1 N–H and O–H groups in total. The normalized spacial score (nSPS) is 9.91. The van der Waals surface area contributed by atoms with Crippen LogP contribution in [-0.4, -0.2) is 25.8 Å². The fourth-order valence-corrected chi connectivity index (χ4v) is 0.805. The number of aryl methyl sites for hydroxylation is 1. The number of carboxylic acids is 1. The van der Waals surface area contributed by atoms with Crippen molar-refractivity contribution in [1.82, 2.24) is 14.8 Å². The van der Waals surface area contributed by atoms with Crippen LogP contribution in [0.3, 0.4) is 0 Å². The maximum Gasteiger partial charge on any atom is 0.373 e. The Balaban J connectivity index is 2.87. The van der Waals surface area contributed by atoms with Crippen molar-refractivity contribution in [2.75, 3.05) is 0 Å². The van der Waals surface area contributed by atoms with Crippen molar-refractivity contribution in [3.05, 3.63) is 12.2 Å². The summed E-state index contributed by atoms with van der Waals surface area (Å²) in [6, 6.07) is 0. The zero-order valence-electron chi connectivity index (χ0n) is 6.19. The van der Waals surface area contributed by atoms with Crippen molar-refractivity contribution in [1.29, 1.82) is 0 Å². The first kappa shape index (κ1) is 7.71. The molecule has 1 heterocycles. The Morgan fingerprint density at radius 2 is 2.55 bits per heavy atom. The van der Waals surface area contributed by atoms with Crippen LogP contribution in [0.2, 0.25) is 0 Å². The van der Waals surface area contributed by atoms with Crippen molar-refractivity contribution < 1.29 is 9.90 Å². The van der Waals surface area contributed by atoms with Crippen LogP contribution in [0.15, 0.2) is 6.33 Å². The van der Waals surface area contributed by atoms with Crippen LogP contribution in [0.5, 0.6) is 0 Å². The highest BCUT2D eigenvalue weighted by molar-refractivity contribution is 5.83. The number of hydrogen-bond donors (Lipinski definition) is 1. The quantitative estimate of drug-likeness (QED) is 0.685. The lowest BCUT2D eigenvalue weighted by Gasteiger charge is -1.97. The van der Waals surface area contributed by atoms with Gasteiger partial charge in [0.2, 0.25) is 5.82 Å². The number of rotatable bonds is 3. The van der Waals surface area contributed by atoms with Gasteiger partial charge in [-0.2, -0.15) is 5.10 Å². The third-order valence-corrected chi connectivity index (χ3v) is 1.24. The Kier molecular flexibility index (Phi) is 2.20. The SMILES string of the molecule is CCCn1ncnc1C(=O)O. The topological polar surface area (TPSA) is 68.0 Å². The van der Waals surface area contributed by atoms with E-state index in [-0.39, 0.29) is 5.82 Å². The zero-order valence-corrected chi connectivity index (χ0v) is 6.19. The van der Waals surface area contributed by atoms with E-state index in [0.29, 0.717) is 6.54 Å². The molecule has 0 fully saturated rings. The van der Waals surface area contributed by atoms with Crippen molar-refractivity contribution in [3.63, 3.8) is 0 Å². The lowest BCUT2D eigenvalue weighted by Crippen LogP contribution is -2.10. The van der Waals surface area contributed by atoms with Crippen LogP contribution in [0.4, 0.5) is 0 Å². The van der Waals surface area contributed by atoms with Gasteiger partial charge < -0.3 is 5.11 Å². The molecule has 0 amide bonds. The van der Waals surface area contributed by atoms with Gasteiger partial charge in [0.05, 0.1) is 0 Å². The number of aromatic nitrogens is 3. The van der Waals surface area contributed by atoms with Crippen LogP contribution in [0.1, 0.15) is 24.0 Å². The summed E-state index contributed by atoms with van der Waals surface area (Å²) in [7, 11) is 0. The lowest BCUT2D eigenvalue weighted by molar-refractivity contribution is 0.0676. The Hall–Kier alpha value is -1.39. The molecule has 5 heteroatoms. The van der Waals surface area contributed by atoms with E-state index in [9.17, 15) is 4.79 Å². The summed E-state index contributed by atoms with van der Waals surface area (Å²) in [5.41, 5.74) is 0. The molecule has 5 nitrogen and oxygen atoms in total. The number of carboxylic acid groups (broad SMARTS) is 1. The molecule has 1 aromatic heterocycles. The second-order valence-electron chi connectivity index (χ2n) is 2.11. The van der Waals surface area contributed by atoms with Crippen molar-refractivity contribution in [2.24, 2.45) is 0 Å². The van der Waals surface area contributed by atoms with Gasteiger partial charge in [-0.25, -0.2) is 14.5 Å². The molecular weight excluding hydrogens is 146 g/mol. The van der Waals surface area contributed by atoms with E-state index in [2.05, 4.69) is 10.1 Å². The molecule has 60 valence electrons. The molecule has 0 saturated heterocycles. The number of hydrogen-bond acceptors (Lipinski definition) is 3. The van der Waals surface area contributed by atoms with Gasteiger partial charge in [0.15, 0.2) is 0 Å². The second kappa shape index (κ2) is 3.14. The molecule has 0 unspecified atom stereocenters. The fourth-order valence-electron chi connectivity index (χ4n) is 0.805. The maximum absolute atomic E-state index is 10.4. The van der Waals surface area contributed by atoms with Gasteiger partial charge in [-0.05, 0) is 6.42 Å². The first-order valence-corrected chi connectivity index (χ1v) is 3.36. The van der Waals surface area contributed by atoms with E-state index in [1.54, 1.807) is 0 Å². The second-order valence-corrected chi connectivity index (χ2v) is 2.11. The smallest absolute Gasteiger partial charge is 0.373 e. The minimum atomic E-state index is -1.03. The van der Waals surface area contributed by atoms with Gasteiger partial charge in [-0.1, -0.05) is 6.92 Å². The first-order chi connectivity index (χ1) is 5.25. The molecule has 0 saturated carbocycles. The summed E-state index contributed by atoms with van der Waals surface area (Å²) in [6.07, 6.45) is 2.10. The molecule has 0 aromatic carbocycles. The van der Waals surface area contributed by atoms with Crippen LogP contribution >= 0.6 is 0 Å². The lowest BCUT2D eigenvalue weighted by atomic mass is 10.5. The fraction of sp³-hybridized carbons (Fsp3) is 0.500. The van der Waals surface area contributed by atoms with Crippen molar-refractivity contribution >= 4 is 5.97 Å². The molecule has 0 bridgehead atoms. The van der Waals surface area contributed by atoms with Crippen molar-refractivity contribution in [2.45, 2.75) is 19.9 Å². The standard InChI is InChI=1S/C6H9N3O2/c1-2-3-9-5(6(10)11)7-4-8-9/h4H,2-3H2,1H3,(H,10,11). The molecule has 0 atom stereocenters. The van der Waals surface area contributed by atoms with Crippen molar-refractivity contribution in [3.8, 4) is 0 Å². The van der Waals surface area contributed by atoms with Crippen LogP contribution < -0.4 is 0 Å². The van der Waals surface area contributed by atoms with E-state index in [4.69, 9.17) is 5.11 Å². The molecule has 0 aliphatic rings. The Labute approximate surface area is 63.7 Å². The van der Waals surface area contributed by atoms with E-state index in [1.165, 1.54) is 11.0 Å². The molecule has 1 rings (SSSR count). The van der Waals surface area contributed by atoms with Crippen LogP contribution in [0.25, 0.3) is 0 Å². The van der Waals surface area contributed by atoms with Crippen LogP contribution in [-0.2, 0) is 6.54 Å². The molecule has 0 aliphatic heterocycles. The highest BCUT2D eigenvalue weighted by atomic mass is 16.4. The number of aromatic carboxylic acids is 1. The highest BCUT2D eigenvalue weighted by Gasteiger charge is 2.10. The minimum Gasteiger partial charge on any atom is -0.475 e. The van der Waals surface area contributed by atoms with Gasteiger partial charge in [0, 0.05) is 6.54 Å². The molecule has 11 heavy (non-hydrogen) atoms. The van der Waals surface area contributed by atoms with Gasteiger partial charge in [0.25, 0.3) is 0 Å². The third-order valence-electron chi connectivity index (χ3n) is 1.24.